The van der Waals surface area contributed by atoms with Crippen molar-refractivity contribution in [2.45, 2.75) is 32.0 Å². The van der Waals surface area contributed by atoms with Gasteiger partial charge in [-0.3, -0.25) is 9.58 Å². The number of nitrogens with one attached hydrogen (secondary N) is 1. The molecule has 1 unspecified atom stereocenters. The highest BCUT2D eigenvalue weighted by molar-refractivity contribution is 5.85. The fourth-order valence-corrected chi connectivity index (χ4v) is 3.04. The minimum Gasteiger partial charge on any atom is -0.316 e. The lowest BCUT2D eigenvalue weighted by molar-refractivity contribution is 0.188. The van der Waals surface area contributed by atoms with Gasteiger partial charge in [0.2, 0.25) is 0 Å². The Bertz CT molecular complexity index is 555. The summed E-state index contributed by atoms with van der Waals surface area (Å²) in [5.74, 6) is 0. The number of aromatic nitrogens is 2. The monoisotopic (exact) mass is 320 g/mol. The van der Waals surface area contributed by atoms with Crippen molar-refractivity contribution in [3.63, 3.8) is 0 Å². The van der Waals surface area contributed by atoms with E-state index in [9.17, 15) is 0 Å². The molecule has 5 heteroatoms. The summed E-state index contributed by atoms with van der Waals surface area (Å²) in [4.78, 5) is 2.52. The van der Waals surface area contributed by atoms with Gasteiger partial charge in [-0.05, 0) is 32.0 Å². The van der Waals surface area contributed by atoms with Gasteiger partial charge in [-0.15, -0.1) is 12.4 Å². The lowest BCUT2D eigenvalue weighted by Gasteiger charge is -2.32. The molecule has 1 saturated heterocycles. The topological polar surface area (TPSA) is 33.1 Å². The third-order valence-electron chi connectivity index (χ3n) is 4.19. The summed E-state index contributed by atoms with van der Waals surface area (Å²) in [5, 5.41) is 7.89. The Balaban J connectivity index is 0.00000176. The predicted octanol–water partition coefficient (Wildman–Crippen LogP) is 2.54. The quantitative estimate of drug-likeness (QED) is 0.919. The molecule has 0 spiro atoms. The van der Waals surface area contributed by atoms with Crippen LogP contribution in [0.1, 0.15) is 24.0 Å². The molecular weight excluding hydrogens is 296 g/mol. The summed E-state index contributed by atoms with van der Waals surface area (Å²) >= 11 is 0. The van der Waals surface area contributed by atoms with E-state index in [0.29, 0.717) is 6.04 Å². The maximum absolute atomic E-state index is 4.49. The van der Waals surface area contributed by atoms with Crippen LogP contribution in [0.2, 0.25) is 0 Å². The molecule has 0 amide bonds. The van der Waals surface area contributed by atoms with Crippen LogP contribution in [-0.2, 0) is 13.1 Å². The van der Waals surface area contributed by atoms with E-state index >= 15 is 0 Å². The lowest BCUT2D eigenvalue weighted by Crippen LogP contribution is -2.43. The number of hydrogen-bond acceptors (Lipinski definition) is 3. The van der Waals surface area contributed by atoms with E-state index in [1.165, 1.54) is 30.5 Å². The molecule has 1 atom stereocenters. The largest absolute Gasteiger partial charge is 0.316 e. The fraction of sp³-hybridized carbons (Fsp3) is 0.471. The van der Waals surface area contributed by atoms with E-state index in [0.717, 1.165) is 19.6 Å². The van der Waals surface area contributed by atoms with Crippen LogP contribution in [0.4, 0.5) is 0 Å². The third kappa shape index (κ3) is 4.57. The molecule has 1 aliphatic heterocycles. The van der Waals surface area contributed by atoms with E-state index in [4.69, 9.17) is 0 Å². The first kappa shape index (κ1) is 17.0. The van der Waals surface area contributed by atoms with Crippen molar-refractivity contribution < 1.29 is 0 Å². The van der Waals surface area contributed by atoms with Crippen LogP contribution in [-0.4, -0.2) is 40.9 Å². The second-order valence-corrected chi connectivity index (χ2v) is 5.89. The van der Waals surface area contributed by atoms with Crippen LogP contribution in [0, 0.1) is 0 Å². The van der Waals surface area contributed by atoms with Crippen molar-refractivity contribution in [2.75, 3.05) is 20.1 Å². The smallest absolute Gasteiger partial charge is 0.0659 e. The molecule has 22 heavy (non-hydrogen) atoms. The Kier molecular flexibility index (Phi) is 6.43. The van der Waals surface area contributed by atoms with E-state index in [1.54, 1.807) is 0 Å². The predicted molar refractivity (Wildman–Crippen MR) is 92.4 cm³/mol. The van der Waals surface area contributed by atoms with Gasteiger partial charge in [0, 0.05) is 30.9 Å². The molecule has 1 fully saturated rings. The minimum absolute atomic E-state index is 0. The molecule has 0 saturated carbocycles. The molecule has 120 valence electrons. The number of piperidine rings is 1. The molecule has 1 aromatic carbocycles. The number of halogens is 1. The molecule has 3 rings (SSSR count). The van der Waals surface area contributed by atoms with Crippen LogP contribution in [0.15, 0.2) is 42.7 Å². The van der Waals surface area contributed by atoms with Crippen molar-refractivity contribution in [1.29, 1.82) is 0 Å². The van der Waals surface area contributed by atoms with Crippen LogP contribution in [0.3, 0.4) is 0 Å². The van der Waals surface area contributed by atoms with E-state index in [-0.39, 0.29) is 12.4 Å². The minimum atomic E-state index is 0. The van der Waals surface area contributed by atoms with Gasteiger partial charge in [-0.25, -0.2) is 0 Å². The van der Waals surface area contributed by atoms with Crippen LogP contribution >= 0.6 is 12.4 Å². The van der Waals surface area contributed by atoms with Gasteiger partial charge < -0.3 is 5.32 Å². The van der Waals surface area contributed by atoms with E-state index in [1.807, 2.05) is 16.9 Å². The Morgan fingerprint density at radius 3 is 2.77 bits per heavy atom. The maximum atomic E-state index is 4.49. The second kappa shape index (κ2) is 8.32. The molecular formula is C17H25ClN4. The molecule has 2 heterocycles. The van der Waals surface area contributed by atoms with Crippen molar-refractivity contribution in [1.82, 2.24) is 20.0 Å². The van der Waals surface area contributed by atoms with Crippen molar-refractivity contribution in [2.24, 2.45) is 0 Å². The summed E-state index contributed by atoms with van der Waals surface area (Å²) in [5.41, 5.74) is 2.60. The zero-order valence-electron chi connectivity index (χ0n) is 13.1. The van der Waals surface area contributed by atoms with Crippen LogP contribution in [0.25, 0.3) is 0 Å². The average Bonchev–Trinajstić information content (AvgIpc) is 2.95. The highest BCUT2D eigenvalue weighted by atomic mass is 35.5. The van der Waals surface area contributed by atoms with Crippen LogP contribution < -0.4 is 5.32 Å². The number of rotatable bonds is 5. The maximum Gasteiger partial charge on any atom is 0.0659 e. The molecule has 1 aromatic heterocycles. The highest BCUT2D eigenvalue weighted by Gasteiger charge is 2.18. The van der Waals surface area contributed by atoms with Gasteiger partial charge in [0.05, 0.1) is 12.7 Å². The number of benzene rings is 1. The van der Waals surface area contributed by atoms with Crippen molar-refractivity contribution in [3.8, 4) is 0 Å². The van der Waals surface area contributed by atoms with Crippen molar-refractivity contribution >= 4 is 12.4 Å². The Hall–Kier alpha value is -1.36. The summed E-state index contributed by atoms with van der Waals surface area (Å²) in [6.45, 7) is 4.19. The van der Waals surface area contributed by atoms with Crippen molar-refractivity contribution in [3.05, 3.63) is 53.9 Å². The van der Waals surface area contributed by atoms with E-state index < -0.39 is 0 Å². The Morgan fingerprint density at radius 1 is 1.18 bits per heavy atom. The van der Waals surface area contributed by atoms with Gasteiger partial charge in [0.1, 0.15) is 0 Å². The zero-order valence-corrected chi connectivity index (χ0v) is 13.9. The van der Waals surface area contributed by atoms with Gasteiger partial charge in [-0.2, -0.15) is 5.10 Å². The Labute approximate surface area is 138 Å². The highest BCUT2D eigenvalue weighted by Crippen LogP contribution is 2.13. The molecule has 0 aliphatic carbocycles. The van der Waals surface area contributed by atoms with Gasteiger partial charge in [0.25, 0.3) is 0 Å². The van der Waals surface area contributed by atoms with E-state index in [2.05, 4.69) is 52.8 Å². The Morgan fingerprint density at radius 2 is 2.00 bits per heavy atom. The first-order chi connectivity index (χ1) is 10.3. The molecule has 4 nitrogen and oxygen atoms in total. The molecule has 0 radical (unpaired) electrons. The number of nitrogens with zero attached hydrogens (tertiary/aromatic N) is 3. The molecule has 0 bridgehead atoms. The normalized spacial score (nSPS) is 18.9. The average molecular weight is 321 g/mol. The molecule has 1 N–H and O–H groups in total. The summed E-state index contributed by atoms with van der Waals surface area (Å²) in [6, 6.07) is 11.1. The third-order valence-corrected chi connectivity index (χ3v) is 4.19. The number of hydrogen-bond donors (Lipinski definition) is 1. The molecule has 1 aliphatic rings. The standard InChI is InChI=1S/C17H24N4.ClH/c1-18-17-8-5-9-20(14-17)11-16-10-19-21(13-16)12-15-6-3-2-4-7-15;/h2-4,6-7,10,13,17-18H,5,8-9,11-12,14H2,1H3;1H. The van der Waals surface area contributed by atoms with Gasteiger partial charge in [-0.1, -0.05) is 30.3 Å². The summed E-state index contributed by atoms with van der Waals surface area (Å²) < 4.78 is 2.03. The number of likely N-dealkylation sites (N-methyl/N-ethyl adjacent to an activating group) is 1. The molecule has 2 aromatic rings. The first-order valence-electron chi connectivity index (χ1n) is 7.78. The summed E-state index contributed by atoms with van der Waals surface area (Å²) in [6.07, 6.45) is 6.76. The lowest BCUT2D eigenvalue weighted by atomic mass is 10.1. The van der Waals surface area contributed by atoms with Gasteiger partial charge >= 0.3 is 0 Å². The fourth-order valence-electron chi connectivity index (χ4n) is 3.04. The first-order valence-corrected chi connectivity index (χ1v) is 7.78. The zero-order chi connectivity index (χ0) is 14.5. The van der Waals surface area contributed by atoms with Gasteiger partial charge in [0.15, 0.2) is 0 Å². The van der Waals surface area contributed by atoms with Crippen LogP contribution in [0.5, 0.6) is 0 Å². The number of likely N-dealkylation sites (tertiary alicyclic amines) is 1. The summed E-state index contributed by atoms with van der Waals surface area (Å²) in [7, 11) is 2.06. The second-order valence-electron chi connectivity index (χ2n) is 5.89. The SMILES string of the molecule is CNC1CCCN(Cc2cnn(Cc3ccccc3)c2)C1.Cl.